The molecule has 0 radical (unpaired) electrons. The highest BCUT2D eigenvalue weighted by atomic mass is 16.3. The molecule has 11 aromatic rings. The normalized spacial score (nSPS) is 11.8. The lowest BCUT2D eigenvalue weighted by molar-refractivity contribution is 0.669. The van der Waals surface area contributed by atoms with Gasteiger partial charge in [-0.3, -0.25) is 0 Å². The van der Waals surface area contributed by atoms with Gasteiger partial charge in [-0.1, -0.05) is 146 Å². The number of para-hydroxylation sites is 3. The molecule has 0 aliphatic rings. The van der Waals surface area contributed by atoms with Crippen molar-refractivity contribution in [2.75, 3.05) is 4.90 Å². The van der Waals surface area contributed by atoms with Crippen LogP contribution in [0.2, 0.25) is 0 Å². The lowest BCUT2D eigenvalue weighted by Gasteiger charge is -2.27. The summed E-state index contributed by atoms with van der Waals surface area (Å²) in [5.41, 5.74) is 11.0. The van der Waals surface area contributed by atoms with Crippen molar-refractivity contribution in [2.24, 2.45) is 0 Å². The largest absolute Gasteiger partial charge is 0.455 e. The van der Waals surface area contributed by atoms with Gasteiger partial charge in [0.05, 0.1) is 5.69 Å². The first-order valence-electron chi connectivity index (χ1n) is 18.0. The summed E-state index contributed by atoms with van der Waals surface area (Å²) in [5, 5.41) is 9.32. The molecule has 2 aromatic heterocycles. The summed E-state index contributed by atoms with van der Waals surface area (Å²) in [5.74, 6) is 0. The van der Waals surface area contributed by atoms with Crippen LogP contribution in [0.4, 0.5) is 17.1 Å². The standard InChI is InChI=1S/C50H31NO2/c1-2-11-32(12-3-1)39-29-30-45(50-48(39)43-16-7-9-20-47(43)53-50)51(37-28-25-35-22-21-33-13-4-5-14-38(33)44(35)31-37)36-26-23-34(24-27-36)40-17-10-18-42-41-15-6-8-19-46(41)52-49(40)42/h1-31H. The van der Waals surface area contributed by atoms with E-state index in [1.54, 1.807) is 0 Å². The molecule has 3 nitrogen and oxygen atoms in total. The van der Waals surface area contributed by atoms with Gasteiger partial charge < -0.3 is 13.7 Å². The third-order valence-electron chi connectivity index (χ3n) is 10.7. The molecule has 0 aliphatic carbocycles. The van der Waals surface area contributed by atoms with Crippen molar-refractivity contribution in [2.45, 2.75) is 0 Å². The summed E-state index contributed by atoms with van der Waals surface area (Å²) in [6, 6.07) is 66.7. The van der Waals surface area contributed by atoms with Crippen molar-refractivity contribution in [1.82, 2.24) is 0 Å². The summed E-state index contributed by atoms with van der Waals surface area (Å²) in [4.78, 5) is 2.34. The quantitative estimate of drug-likeness (QED) is 0.170. The van der Waals surface area contributed by atoms with E-state index in [0.29, 0.717) is 0 Å². The highest BCUT2D eigenvalue weighted by Gasteiger charge is 2.23. The van der Waals surface area contributed by atoms with E-state index in [2.05, 4.69) is 175 Å². The minimum Gasteiger partial charge on any atom is -0.455 e. The first kappa shape index (κ1) is 29.6. The molecule has 53 heavy (non-hydrogen) atoms. The summed E-state index contributed by atoms with van der Waals surface area (Å²) in [6.07, 6.45) is 0. The Morgan fingerprint density at radius 2 is 0.943 bits per heavy atom. The highest BCUT2D eigenvalue weighted by Crippen LogP contribution is 2.47. The number of benzene rings is 9. The van der Waals surface area contributed by atoms with Crippen molar-refractivity contribution in [3.63, 3.8) is 0 Å². The van der Waals surface area contributed by atoms with E-state index in [4.69, 9.17) is 8.83 Å². The van der Waals surface area contributed by atoms with Crippen LogP contribution in [0.5, 0.6) is 0 Å². The number of nitrogens with zero attached hydrogens (tertiary/aromatic N) is 1. The molecular weight excluding hydrogens is 647 g/mol. The molecular formula is C50H31NO2. The number of hydrogen-bond donors (Lipinski definition) is 0. The van der Waals surface area contributed by atoms with Crippen LogP contribution in [-0.2, 0) is 0 Å². The van der Waals surface area contributed by atoms with E-state index < -0.39 is 0 Å². The molecule has 0 aliphatic heterocycles. The molecule has 0 bridgehead atoms. The predicted molar refractivity (Wildman–Crippen MR) is 222 cm³/mol. The van der Waals surface area contributed by atoms with Crippen LogP contribution in [0.1, 0.15) is 0 Å². The summed E-state index contributed by atoms with van der Waals surface area (Å²) in [7, 11) is 0. The van der Waals surface area contributed by atoms with Gasteiger partial charge in [0.1, 0.15) is 16.7 Å². The Balaban J connectivity index is 1.15. The SMILES string of the molecule is c1ccc(-c2ccc(N(c3ccc(-c4cccc5c4oc4ccccc45)cc3)c3ccc4ccc5ccccc5c4c3)c3oc4ccccc4c23)cc1. The lowest BCUT2D eigenvalue weighted by atomic mass is 9.97. The van der Waals surface area contributed by atoms with E-state index >= 15 is 0 Å². The van der Waals surface area contributed by atoms with E-state index in [0.717, 1.165) is 83.2 Å². The third-order valence-corrected chi connectivity index (χ3v) is 10.7. The Hall–Kier alpha value is -7.10. The average molecular weight is 678 g/mol. The van der Waals surface area contributed by atoms with Gasteiger partial charge in [0.15, 0.2) is 5.58 Å². The minimum atomic E-state index is 0.849. The van der Waals surface area contributed by atoms with Gasteiger partial charge in [0.2, 0.25) is 0 Å². The van der Waals surface area contributed by atoms with Crippen molar-refractivity contribution < 1.29 is 8.83 Å². The molecule has 9 aromatic carbocycles. The highest BCUT2D eigenvalue weighted by molar-refractivity contribution is 6.17. The van der Waals surface area contributed by atoms with Gasteiger partial charge in [-0.2, -0.15) is 0 Å². The van der Waals surface area contributed by atoms with Gasteiger partial charge in [-0.25, -0.2) is 0 Å². The second-order valence-corrected chi connectivity index (χ2v) is 13.7. The predicted octanol–water partition coefficient (Wildman–Crippen LogP) is 14.6. The molecule has 0 N–H and O–H groups in total. The van der Waals surface area contributed by atoms with E-state index in [9.17, 15) is 0 Å². The Bertz CT molecular complexity index is 3170. The zero-order valence-electron chi connectivity index (χ0n) is 28.7. The number of rotatable bonds is 5. The van der Waals surface area contributed by atoms with E-state index in [-0.39, 0.29) is 0 Å². The second kappa shape index (κ2) is 11.7. The Morgan fingerprint density at radius 1 is 0.340 bits per heavy atom. The number of hydrogen-bond acceptors (Lipinski definition) is 3. The van der Waals surface area contributed by atoms with Gasteiger partial charge in [0, 0.05) is 38.5 Å². The van der Waals surface area contributed by atoms with Crippen molar-refractivity contribution in [3.8, 4) is 22.3 Å². The topological polar surface area (TPSA) is 29.5 Å². The Kier molecular flexibility index (Phi) is 6.55. The maximum absolute atomic E-state index is 6.84. The Morgan fingerprint density at radius 3 is 1.77 bits per heavy atom. The van der Waals surface area contributed by atoms with Crippen molar-refractivity contribution in [3.05, 3.63) is 188 Å². The average Bonchev–Trinajstić information content (AvgIpc) is 3.81. The van der Waals surface area contributed by atoms with Gasteiger partial charge >= 0.3 is 0 Å². The van der Waals surface area contributed by atoms with Crippen LogP contribution in [0, 0.1) is 0 Å². The zero-order chi connectivity index (χ0) is 34.9. The number of anilines is 3. The van der Waals surface area contributed by atoms with Crippen LogP contribution in [-0.4, -0.2) is 0 Å². The lowest BCUT2D eigenvalue weighted by Crippen LogP contribution is -2.10. The molecule has 0 atom stereocenters. The fourth-order valence-corrected chi connectivity index (χ4v) is 8.17. The number of fused-ring (bicyclic) bond motifs is 9. The van der Waals surface area contributed by atoms with Crippen LogP contribution >= 0.6 is 0 Å². The van der Waals surface area contributed by atoms with E-state index in [1.807, 2.05) is 18.2 Å². The maximum Gasteiger partial charge on any atom is 0.160 e. The molecule has 0 amide bonds. The monoisotopic (exact) mass is 677 g/mol. The van der Waals surface area contributed by atoms with Crippen LogP contribution in [0.15, 0.2) is 197 Å². The van der Waals surface area contributed by atoms with Crippen LogP contribution < -0.4 is 4.90 Å². The molecule has 11 rings (SSSR count). The first-order chi connectivity index (χ1) is 26.3. The summed E-state index contributed by atoms with van der Waals surface area (Å²) in [6.45, 7) is 0. The van der Waals surface area contributed by atoms with E-state index in [1.165, 1.54) is 21.5 Å². The summed E-state index contributed by atoms with van der Waals surface area (Å²) >= 11 is 0. The fourth-order valence-electron chi connectivity index (χ4n) is 8.17. The third kappa shape index (κ3) is 4.68. The fraction of sp³-hybridized carbons (Fsp3) is 0. The molecule has 0 fully saturated rings. The minimum absolute atomic E-state index is 0.849. The molecule has 2 heterocycles. The molecule has 0 spiro atoms. The number of furan rings is 2. The Labute approximate surface area is 305 Å². The summed E-state index contributed by atoms with van der Waals surface area (Å²) < 4.78 is 13.3. The van der Waals surface area contributed by atoms with Crippen LogP contribution in [0.25, 0.3) is 87.7 Å². The molecule has 0 unspecified atom stereocenters. The first-order valence-corrected chi connectivity index (χ1v) is 18.0. The van der Waals surface area contributed by atoms with Crippen molar-refractivity contribution in [1.29, 1.82) is 0 Å². The van der Waals surface area contributed by atoms with Gasteiger partial charge in [-0.05, 0) is 80.7 Å². The van der Waals surface area contributed by atoms with Gasteiger partial charge in [0.25, 0.3) is 0 Å². The van der Waals surface area contributed by atoms with Crippen LogP contribution in [0.3, 0.4) is 0 Å². The molecule has 0 saturated carbocycles. The van der Waals surface area contributed by atoms with Crippen molar-refractivity contribution >= 4 is 82.5 Å². The smallest absolute Gasteiger partial charge is 0.160 e. The molecule has 248 valence electrons. The second-order valence-electron chi connectivity index (χ2n) is 13.7. The maximum atomic E-state index is 6.84. The van der Waals surface area contributed by atoms with Gasteiger partial charge in [-0.15, -0.1) is 0 Å². The zero-order valence-corrected chi connectivity index (χ0v) is 28.7. The molecule has 3 heteroatoms. The molecule has 0 saturated heterocycles.